The molecule has 0 saturated heterocycles. The molecule has 3 N–H and O–H groups in total. The number of ether oxygens (including phenoxy) is 2. The third-order valence-electron chi connectivity index (χ3n) is 3.41. The molecule has 14 heteroatoms. The van der Waals surface area contributed by atoms with E-state index < -0.39 is 16.1 Å². The first kappa shape index (κ1) is 22.4. The first-order chi connectivity index (χ1) is 13.7. The van der Waals surface area contributed by atoms with Crippen LogP contribution in [0.25, 0.3) is 0 Å². The van der Waals surface area contributed by atoms with Gasteiger partial charge in [0.25, 0.3) is 0 Å². The number of rotatable bonds is 8. The molecule has 13 nitrogen and oxygen atoms in total. The summed E-state index contributed by atoms with van der Waals surface area (Å²) < 4.78 is 33.2. The highest BCUT2D eigenvalue weighted by atomic mass is 32.2. The van der Waals surface area contributed by atoms with E-state index in [1.54, 1.807) is 27.0 Å². The summed E-state index contributed by atoms with van der Waals surface area (Å²) in [5.74, 6) is 0.162. The van der Waals surface area contributed by atoms with Crippen LogP contribution < -0.4 is 20.2 Å². The number of aromatic nitrogens is 4. The van der Waals surface area contributed by atoms with Crippen LogP contribution in [0.4, 0.5) is 16.7 Å². The molecule has 2 amide bonds. The third-order valence-corrected chi connectivity index (χ3v) is 4.28. The van der Waals surface area contributed by atoms with E-state index in [9.17, 15) is 13.2 Å². The summed E-state index contributed by atoms with van der Waals surface area (Å²) >= 11 is 0. The number of anilines is 2. The average molecular weight is 426 g/mol. The van der Waals surface area contributed by atoms with Gasteiger partial charge in [-0.15, -0.1) is 0 Å². The molecule has 0 saturated carbocycles. The Labute approximate surface area is 167 Å². The fourth-order valence-electron chi connectivity index (χ4n) is 2.09. The Hall–Kier alpha value is -2.94. The zero-order valence-corrected chi connectivity index (χ0v) is 17.2. The summed E-state index contributed by atoms with van der Waals surface area (Å²) in [4.78, 5) is 28.6. The quantitative estimate of drug-likeness (QED) is 0.437. The fraction of sp³-hybridized carbons (Fsp3) is 0.400. The highest BCUT2D eigenvalue weighted by Gasteiger charge is 2.25. The molecule has 2 aromatic heterocycles. The molecule has 0 radical (unpaired) electrons. The zero-order chi connectivity index (χ0) is 21.6. The molecule has 2 rings (SSSR count). The standard InChI is InChI=1S/C15H22N8O5S/c1-5-28-9-22(3)23(14-17-7-11(8-18-14)29(16,25)26)15(24)21-13-19-10(2)6-12(20-13)27-4/h6-8H,5,9H2,1-4H3,(H2,16,25,26)(H,19,20,21,24). The molecular weight excluding hydrogens is 404 g/mol. The van der Waals surface area contributed by atoms with Crippen LogP contribution >= 0.6 is 0 Å². The van der Waals surface area contributed by atoms with E-state index in [1.807, 2.05) is 0 Å². The Balaban J connectivity index is 2.34. The van der Waals surface area contributed by atoms with Gasteiger partial charge in [0.2, 0.25) is 27.8 Å². The molecule has 0 spiro atoms. The number of hydrogen-bond acceptors (Lipinski definition) is 10. The molecule has 0 atom stereocenters. The molecule has 2 aromatic rings. The summed E-state index contributed by atoms with van der Waals surface area (Å²) in [5.41, 5.74) is 0.579. The summed E-state index contributed by atoms with van der Waals surface area (Å²) in [6.07, 6.45) is 2.00. The number of aryl methyl sites for hydroxylation is 1. The Morgan fingerprint density at radius 3 is 2.48 bits per heavy atom. The highest BCUT2D eigenvalue weighted by Crippen LogP contribution is 2.15. The third kappa shape index (κ3) is 6.02. The van der Waals surface area contributed by atoms with Crippen molar-refractivity contribution in [2.75, 3.05) is 37.8 Å². The van der Waals surface area contributed by atoms with Gasteiger partial charge in [0.1, 0.15) is 11.6 Å². The Kier molecular flexibility index (Phi) is 7.33. The van der Waals surface area contributed by atoms with Gasteiger partial charge in [0, 0.05) is 25.4 Å². The zero-order valence-electron chi connectivity index (χ0n) is 16.4. The maximum absolute atomic E-state index is 12.9. The number of methoxy groups -OCH3 is 1. The number of nitrogens with two attached hydrogens (primary N) is 1. The van der Waals surface area contributed by atoms with Crippen LogP contribution in [-0.4, -0.2) is 66.9 Å². The van der Waals surface area contributed by atoms with E-state index in [4.69, 9.17) is 14.6 Å². The van der Waals surface area contributed by atoms with Crippen LogP contribution in [0.2, 0.25) is 0 Å². The molecule has 2 heterocycles. The van der Waals surface area contributed by atoms with Crippen molar-refractivity contribution in [3.8, 4) is 5.88 Å². The van der Waals surface area contributed by atoms with Crippen LogP contribution in [0.15, 0.2) is 23.4 Å². The summed E-state index contributed by atoms with van der Waals surface area (Å²) in [5, 5.41) is 10.0. The molecule has 0 aromatic carbocycles. The van der Waals surface area contributed by atoms with E-state index in [0.29, 0.717) is 12.3 Å². The number of nitrogens with one attached hydrogen (secondary N) is 1. The number of nitrogens with zero attached hydrogens (tertiary/aromatic N) is 6. The van der Waals surface area contributed by atoms with Gasteiger partial charge in [-0.1, -0.05) is 0 Å². The molecule has 0 unspecified atom stereocenters. The van der Waals surface area contributed by atoms with Crippen molar-refractivity contribution in [1.29, 1.82) is 0 Å². The predicted octanol–water partition coefficient (Wildman–Crippen LogP) is 0.110. The van der Waals surface area contributed by atoms with E-state index in [0.717, 1.165) is 17.4 Å². The summed E-state index contributed by atoms with van der Waals surface area (Å²) in [6, 6.07) is 0.896. The number of carbonyl (C=O) groups is 1. The lowest BCUT2D eigenvalue weighted by Crippen LogP contribution is -2.48. The number of hydrazine groups is 1. The Bertz CT molecular complexity index is 954. The van der Waals surface area contributed by atoms with Gasteiger partial charge in [-0.2, -0.15) is 15.0 Å². The van der Waals surface area contributed by atoms with Crippen LogP contribution in [0.1, 0.15) is 12.6 Å². The van der Waals surface area contributed by atoms with Crippen molar-refractivity contribution in [1.82, 2.24) is 24.9 Å². The molecular formula is C15H22N8O5S. The van der Waals surface area contributed by atoms with Gasteiger partial charge in [-0.3, -0.25) is 5.32 Å². The minimum absolute atomic E-state index is 0.00261. The lowest BCUT2D eigenvalue weighted by Gasteiger charge is -2.29. The van der Waals surface area contributed by atoms with Gasteiger partial charge >= 0.3 is 6.03 Å². The Morgan fingerprint density at radius 2 is 1.93 bits per heavy atom. The van der Waals surface area contributed by atoms with Gasteiger partial charge in [-0.05, 0) is 13.8 Å². The van der Waals surface area contributed by atoms with E-state index in [2.05, 4.69) is 25.3 Å². The number of amides is 2. The highest BCUT2D eigenvalue weighted by molar-refractivity contribution is 7.89. The average Bonchev–Trinajstić information content (AvgIpc) is 2.65. The second kappa shape index (κ2) is 9.51. The minimum Gasteiger partial charge on any atom is -0.481 e. The minimum atomic E-state index is -3.98. The molecule has 158 valence electrons. The second-order valence-corrected chi connectivity index (χ2v) is 7.22. The van der Waals surface area contributed by atoms with Crippen molar-refractivity contribution in [2.45, 2.75) is 18.7 Å². The van der Waals surface area contributed by atoms with Crippen LogP contribution in [0.3, 0.4) is 0 Å². The topological polar surface area (TPSA) is 166 Å². The number of sulfonamides is 1. The number of carbonyl (C=O) groups excluding carboxylic acids is 1. The smallest absolute Gasteiger partial charge is 0.346 e. The molecule has 0 bridgehead atoms. The number of hydrogen-bond donors (Lipinski definition) is 2. The normalized spacial score (nSPS) is 11.4. The number of primary sulfonamides is 1. The van der Waals surface area contributed by atoms with E-state index in [1.165, 1.54) is 12.1 Å². The second-order valence-electron chi connectivity index (χ2n) is 5.66. The fourth-order valence-corrected chi connectivity index (χ4v) is 2.49. The van der Waals surface area contributed by atoms with Crippen molar-refractivity contribution < 1.29 is 22.7 Å². The molecule has 0 aliphatic heterocycles. The van der Waals surface area contributed by atoms with Crippen molar-refractivity contribution in [3.63, 3.8) is 0 Å². The van der Waals surface area contributed by atoms with Gasteiger partial charge in [0.15, 0.2) is 0 Å². The van der Waals surface area contributed by atoms with Crippen LogP contribution in [-0.2, 0) is 14.8 Å². The molecule has 0 aliphatic rings. The van der Waals surface area contributed by atoms with E-state index in [-0.39, 0.29) is 29.4 Å². The van der Waals surface area contributed by atoms with Gasteiger partial charge in [0.05, 0.1) is 19.5 Å². The lowest BCUT2D eigenvalue weighted by molar-refractivity contribution is 0.0483. The van der Waals surface area contributed by atoms with Crippen molar-refractivity contribution >= 4 is 28.0 Å². The predicted molar refractivity (Wildman–Crippen MR) is 102 cm³/mol. The van der Waals surface area contributed by atoms with Crippen LogP contribution in [0, 0.1) is 6.92 Å². The maximum atomic E-state index is 12.9. The van der Waals surface area contributed by atoms with Crippen molar-refractivity contribution in [3.05, 3.63) is 24.2 Å². The van der Waals surface area contributed by atoms with Crippen molar-refractivity contribution in [2.24, 2.45) is 5.14 Å². The van der Waals surface area contributed by atoms with Crippen LogP contribution in [0.5, 0.6) is 5.88 Å². The largest absolute Gasteiger partial charge is 0.481 e. The summed E-state index contributed by atoms with van der Waals surface area (Å²) in [7, 11) is -0.977. The summed E-state index contributed by atoms with van der Waals surface area (Å²) in [6.45, 7) is 3.95. The van der Waals surface area contributed by atoms with Gasteiger partial charge in [-0.25, -0.2) is 33.3 Å². The molecule has 0 fully saturated rings. The molecule has 29 heavy (non-hydrogen) atoms. The molecule has 0 aliphatic carbocycles. The first-order valence-corrected chi connectivity index (χ1v) is 9.84. The SMILES string of the molecule is CCOCN(C)N(C(=O)Nc1nc(C)cc(OC)n1)c1ncc(S(N)(=O)=O)cn1. The Morgan fingerprint density at radius 1 is 1.28 bits per heavy atom. The lowest BCUT2D eigenvalue weighted by atomic mass is 10.4. The monoisotopic (exact) mass is 426 g/mol. The first-order valence-electron chi connectivity index (χ1n) is 8.30. The maximum Gasteiger partial charge on any atom is 0.346 e. The van der Waals surface area contributed by atoms with E-state index >= 15 is 0 Å². The van der Waals surface area contributed by atoms with Gasteiger partial charge < -0.3 is 9.47 Å². The number of urea groups is 1.